The summed E-state index contributed by atoms with van der Waals surface area (Å²) >= 11 is 0. The molecule has 10 nitrogen and oxygen atoms in total. The van der Waals surface area contributed by atoms with Crippen molar-refractivity contribution in [2.45, 2.75) is 18.5 Å². The molecule has 0 spiro atoms. The Hall–Kier alpha value is -2.20. The van der Waals surface area contributed by atoms with Gasteiger partial charge in [-0.15, -0.1) is 0 Å². The SMILES string of the molecule is N[C@H](C(=O)NCCC(=O)O)[C@@H](N)C(=O)NCC(=O)O. The molecule has 0 aliphatic heterocycles. The van der Waals surface area contributed by atoms with Gasteiger partial charge in [0, 0.05) is 6.54 Å². The van der Waals surface area contributed by atoms with E-state index in [1.165, 1.54) is 0 Å². The van der Waals surface area contributed by atoms with Gasteiger partial charge in [0.05, 0.1) is 6.42 Å². The van der Waals surface area contributed by atoms with Gasteiger partial charge in [0.15, 0.2) is 0 Å². The van der Waals surface area contributed by atoms with Crippen molar-refractivity contribution in [2.75, 3.05) is 13.1 Å². The number of carboxylic acid groups (broad SMARTS) is 2. The van der Waals surface area contributed by atoms with E-state index in [1.54, 1.807) is 0 Å². The van der Waals surface area contributed by atoms with Gasteiger partial charge in [-0.2, -0.15) is 0 Å². The van der Waals surface area contributed by atoms with Crippen LogP contribution in [0.2, 0.25) is 0 Å². The molecule has 0 saturated carbocycles. The highest BCUT2D eigenvalue weighted by atomic mass is 16.4. The largest absolute Gasteiger partial charge is 0.481 e. The molecule has 108 valence electrons. The Balaban J connectivity index is 4.19. The van der Waals surface area contributed by atoms with E-state index < -0.39 is 42.4 Å². The molecule has 19 heavy (non-hydrogen) atoms. The second-order valence-electron chi connectivity index (χ2n) is 3.60. The second kappa shape index (κ2) is 8.00. The third-order valence-corrected chi connectivity index (χ3v) is 2.04. The summed E-state index contributed by atoms with van der Waals surface area (Å²) in [5, 5.41) is 20.9. The van der Waals surface area contributed by atoms with Crippen LogP contribution >= 0.6 is 0 Å². The lowest BCUT2D eigenvalue weighted by molar-refractivity contribution is -0.138. The molecule has 0 rings (SSSR count). The second-order valence-corrected chi connectivity index (χ2v) is 3.60. The molecule has 2 amide bonds. The van der Waals surface area contributed by atoms with E-state index >= 15 is 0 Å². The number of carboxylic acids is 2. The number of nitrogens with two attached hydrogens (primary N) is 2. The van der Waals surface area contributed by atoms with Crippen molar-refractivity contribution in [1.82, 2.24) is 10.6 Å². The van der Waals surface area contributed by atoms with E-state index in [0.29, 0.717) is 0 Å². The fraction of sp³-hybridized carbons (Fsp3) is 0.556. The van der Waals surface area contributed by atoms with Crippen molar-refractivity contribution in [1.29, 1.82) is 0 Å². The number of amides is 2. The predicted octanol–water partition coefficient (Wildman–Crippen LogP) is -3.57. The first-order valence-electron chi connectivity index (χ1n) is 5.26. The number of nitrogens with one attached hydrogen (secondary N) is 2. The van der Waals surface area contributed by atoms with Gasteiger partial charge in [0.1, 0.15) is 18.6 Å². The molecule has 2 atom stereocenters. The molecular weight excluding hydrogens is 260 g/mol. The summed E-state index contributed by atoms with van der Waals surface area (Å²) in [5.74, 6) is -4.04. The van der Waals surface area contributed by atoms with Gasteiger partial charge in [-0.25, -0.2) is 0 Å². The quantitative estimate of drug-likeness (QED) is 0.263. The van der Waals surface area contributed by atoms with Crippen molar-refractivity contribution in [3.8, 4) is 0 Å². The van der Waals surface area contributed by atoms with Crippen LogP contribution in [-0.2, 0) is 19.2 Å². The molecule has 0 aromatic heterocycles. The number of hydrogen-bond donors (Lipinski definition) is 6. The Labute approximate surface area is 108 Å². The molecule has 0 aromatic carbocycles. The summed E-state index contributed by atoms with van der Waals surface area (Å²) in [4.78, 5) is 43.2. The van der Waals surface area contributed by atoms with Gasteiger partial charge < -0.3 is 32.3 Å². The van der Waals surface area contributed by atoms with Crippen LogP contribution in [0.3, 0.4) is 0 Å². The minimum Gasteiger partial charge on any atom is -0.481 e. The van der Waals surface area contributed by atoms with Gasteiger partial charge in [0.2, 0.25) is 11.8 Å². The molecule has 0 aliphatic rings. The Kier molecular flexibility index (Phi) is 7.07. The van der Waals surface area contributed by atoms with Crippen LogP contribution in [0.25, 0.3) is 0 Å². The van der Waals surface area contributed by atoms with Crippen molar-refractivity contribution >= 4 is 23.8 Å². The Morgan fingerprint density at radius 2 is 1.37 bits per heavy atom. The lowest BCUT2D eigenvalue weighted by Crippen LogP contribution is -2.58. The molecule has 0 aromatic rings. The summed E-state index contributed by atoms with van der Waals surface area (Å²) in [6.07, 6.45) is -0.293. The molecule has 0 fully saturated rings. The number of rotatable bonds is 8. The van der Waals surface area contributed by atoms with E-state index in [9.17, 15) is 19.2 Å². The maximum absolute atomic E-state index is 11.4. The minimum absolute atomic E-state index is 0.147. The summed E-state index contributed by atoms with van der Waals surface area (Å²) in [6.45, 7) is -0.786. The lowest BCUT2D eigenvalue weighted by atomic mass is 10.1. The molecule has 0 heterocycles. The smallest absolute Gasteiger partial charge is 0.322 e. The van der Waals surface area contributed by atoms with Crippen LogP contribution in [-0.4, -0.2) is 59.1 Å². The maximum atomic E-state index is 11.4. The highest BCUT2D eigenvalue weighted by molar-refractivity contribution is 5.93. The van der Waals surface area contributed by atoms with Crippen LogP contribution in [0.15, 0.2) is 0 Å². The molecular formula is C9H16N4O6. The maximum Gasteiger partial charge on any atom is 0.322 e. The Morgan fingerprint density at radius 3 is 1.79 bits per heavy atom. The zero-order valence-corrected chi connectivity index (χ0v) is 9.96. The Morgan fingerprint density at radius 1 is 0.895 bits per heavy atom. The van der Waals surface area contributed by atoms with Crippen molar-refractivity contribution in [3.05, 3.63) is 0 Å². The third-order valence-electron chi connectivity index (χ3n) is 2.04. The van der Waals surface area contributed by atoms with E-state index in [-0.39, 0.29) is 13.0 Å². The monoisotopic (exact) mass is 276 g/mol. The number of aliphatic carboxylic acids is 2. The fourth-order valence-electron chi connectivity index (χ4n) is 1.02. The first-order valence-corrected chi connectivity index (χ1v) is 5.26. The first-order chi connectivity index (χ1) is 8.75. The van der Waals surface area contributed by atoms with Crippen LogP contribution in [0.5, 0.6) is 0 Å². The standard InChI is InChI=1S/C9H16N4O6/c10-6(8(18)12-2-1-4(14)15)7(11)9(19)13-3-5(16)17/h6-7H,1-3,10-11H2,(H,12,18)(H,13,19)(H,14,15)(H,16,17)/t6-,7+/m0/s1. The Bertz CT molecular complexity index is 372. The number of carbonyl (C=O) groups is 4. The van der Waals surface area contributed by atoms with Gasteiger partial charge in [0.25, 0.3) is 0 Å². The van der Waals surface area contributed by atoms with E-state index in [4.69, 9.17) is 21.7 Å². The van der Waals surface area contributed by atoms with Crippen LogP contribution in [0.1, 0.15) is 6.42 Å². The summed E-state index contributed by atoms with van der Waals surface area (Å²) < 4.78 is 0. The minimum atomic E-state index is -1.43. The molecule has 0 saturated heterocycles. The van der Waals surface area contributed by atoms with Crippen molar-refractivity contribution in [3.63, 3.8) is 0 Å². The zero-order chi connectivity index (χ0) is 15.0. The molecule has 0 aliphatic carbocycles. The third kappa shape index (κ3) is 6.95. The normalized spacial score (nSPS) is 13.2. The van der Waals surface area contributed by atoms with Gasteiger partial charge in [-0.1, -0.05) is 0 Å². The summed E-state index contributed by atoms with van der Waals surface area (Å²) in [5.41, 5.74) is 10.8. The van der Waals surface area contributed by atoms with E-state index in [2.05, 4.69) is 5.32 Å². The van der Waals surface area contributed by atoms with Crippen molar-refractivity contribution in [2.24, 2.45) is 11.5 Å². The highest BCUT2D eigenvalue weighted by Gasteiger charge is 2.27. The molecule has 8 N–H and O–H groups in total. The summed E-state index contributed by atoms with van der Waals surface area (Å²) in [7, 11) is 0. The number of carbonyl (C=O) groups excluding carboxylic acids is 2. The van der Waals surface area contributed by atoms with E-state index in [1.807, 2.05) is 5.32 Å². The molecule has 0 radical (unpaired) electrons. The lowest BCUT2D eigenvalue weighted by Gasteiger charge is -2.18. The molecule has 0 unspecified atom stereocenters. The van der Waals surface area contributed by atoms with Crippen LogP contribution in [0.4, 0.5) is 0 Å². The molecule has 10 heteroatoms. The van der Waals surface area contributed by atoms with Gasteiger partial charge >= 0.3 is 11.9 Å². The van der Waals surface area contributed by atoms with Gasteiger partial charge in [-0.05, 0) is 0 Å². The molecule has 0 bridgehead atoms. The van der Waals surface area contributed by atoms with Crippen LogP contribution < -0.4 is 22.1 Å². The predicted molar refractivity (Wildman–Crippen MR) is 61.9 cm³/mol. The van der Waals surface area contributed by atoms with E-state index in [0.717, 1.165) is 0 Å². The average Bonchev–Trinajstić information content (AvgIpc) is 2.33. The first kappa shape index (κ1) is 16.8. The summed E-state index contributed by atoms with van der Waals surface area (Å²) in [6, 6.07) is -2.83. The topological polar surface area (TPSA) is 185 Å². The van der Waals surface area contributed by atoms with Gasteiger partial charge in [-0.3, -0.25) is 19.2 Å². The highest BCUT2D eigenvalue weighted by Crippen LogP contribution is 1.89. The zero-order valence-electron chi connectivity index (χ0n) is 9.96. The fourth-order valence-corrected chi connectivity index (χ4v) is 1.02. The average molecular weight is 276 g/mol. The van der Waals surface area contributed by atoms with Crippen molar-refractivity contribution < 1.29 is 29.4 Å². The van der Waals surface area contributed by atoms with Crippen LogP contribution in [0, 0.1) is 0 Å². The number of hydrogen-bond acceptors (Lipinski definition) is 6.